The zero-order valence-electron chi connectivity index (χ0n) is 13.9. The molecule has 0 amide bonds. The van der Waals surface area contributed by atoms with Gasteiger partial charge in [0.05, 0.1) is 0 Å². The molecule has 0 aliphatic rings. The van der Waals surface area contributed by atoms with Gasteiger partial charge in [0.15, 0.2) is 0 Å². The molecule has 0 spiro atoms. The van der Waals surface area contributed by atoms with Crippen molar-refractivity contribution in [2.24, 2.45) is 0 Å². The summed E-state index contributed by atoms with van der Waals surface area (Å²) < 4.78 is 0. The van der Waals surface area contributed by atoms with Gasteiger partial charge in [-0.3, -0.25) is 4.98 Å². The molecule has 1 N–H and O–H groups in total. The Morgan fingerprint density at radius 3 is 2.57 bits per heavy atom. The van der Waals surface area contributed by atoms with Gasteiger partial charge < -0.3 is 5.32 Å². The summed E-state index contributed by atoms with van der Waals surface area (Å²) in [5.74, 6) is 0. The Bertz CT molecular complexity index is 577. The van der Waals surface area contributed by atoms with E-state index in [0.717, 1.165) is 17.9 Å². The normalized spacial score (nSPS) is 13.4. The third-order valence-corrected chi connectivity index (χ3v) is 5.29. The molecule has 0 aromatic carbocycles. The number of pyridine rings is 1. The molecule has 3 heteroatoms. The van der Waals surface area contributed by atoms with Crippen LogP contribution in [0.3, 0.4) is 0 Å². The van der Waals surface area contributed by atoms with Gasteiger partial charge in [-0.1, -0.05) is 19.9 Å². The van der Waals surface area contributed by atoms with Crippen LogP contribution in [0.15, 0.2) is 23.6 Å². The Labute approximate surface area is 132 Å². The number of hydrogen-bond acceptors (Lipinski definition) is 3. The molecule has 0 aliphatic heterocycles. The van der Waals surface area contributed by atoms with Crippen LogP contribution in [-0.4, -0.2) is 11.5 Å². The van der Waals surface area contributed by atoms with E-state index in [-0.39, 0.29) is 5.41 Å². The Morgan fingerprint density at radius 2 is 2.00 bits per heavy atom. The van der Waals surface area contributed by atoms with Gasteiger partial charge in [-0.25, -0.2) is 0 Å². The lowest BCUT2D eigenvalue weighted by atomic mass is 9.90. The molecule has 0 saturated carbocycles. The Kier molecular flexibility index (Phi) is 4.84. The van der Waals surface area contributed by atoms with Gasteiger partial charge in [-0.15, -0.1) is 11.3 Å². The van der Waals surface area contributed by atoms with Gasteiger partial charge >= 0.3 is 0 Å². The van der Waals surface area contributed by atoms with E-state index in [2.05, 4.69) is 75.4 Å². The summed E-state index contributed by atoms with van der Waals surface area (Å²) >= 11 is 1.83. The van der Waals surface area contributed by atoms with E-state index in [1.54, 1.807) is 0 Å². The maximum absolute atomic E-state index is 4.61. The first-order chi connectivity index (χ1) is 9.81. The fourth-order valence-electron chi connectivity index (χ4n) is 2.95. The molecule has 114 valence electrons. The topological polar surface area (TPSA) is 24.9 Å². The fourth-order valence-corrected chi connectivity index (χ4v) is 3.80. The molecular weight excluding hydrogens is 276 g/mol. The summed E-state index contributed by atoms with van der Waals surface area (Å²) in [5.41, 5.74) is 5.06. The van der Waals surface area contributed by atoms with Crippen LogP contribution in [0.25, 0.3) is 0 Å². The largest absolute Gasteiger partial charge is 0.309 e. The number of aryl methyl sites for hydroxylation is 3. The smallest absolute Gasteiger partial charge is 0.0426 e. The van der Waals surface area contributed by atoms with Crippen molar-refractivity contribution in [1.29, 1.82) is 0 Å². The van der Waals surface area contributed by atoms with Gasteiger partial charge in [0.1, 0.15) is 0 Å². The van der Waals surface area contributed by atoms with Crippen LogP contribution in [0.5, 0.6) is 0 Å². The van der Waals surface area contributed by atoms with Crippen LogP contribution in [0.2, 0.25) is 0 Å². The maximum Gasteiger partial charge on any atom is 0.0426 e. The second-order valence-corrected chi connectivity index (χ2v) is 7.49. The summed E-state index contributed by atoms with van der Waals surface area (Å²) in [4.78, 5) is 6.04. The first-order valence-electron chi connectivity index (χ1n) is 7.53. The van der Waals surface area contributed by atoms with E-state index in [1.165, 1.54) is 16.0 Å². The molecule has 2 rings (SSSR count). The highest BCUT2D eigenvalue weighted by molar-refractivity contribution is 7.10. The van der Waals surface area contributed by atoms with Crippen LogP contribution < -0.4 is 5.32 Å². The summed E-state index contributed by atoms with van der Waals surface area (Å²) in [6.45, 7) is 14.1. The van der Waals surface area contributed by atoms with Crippen LogP contribution >= 0.6 is 11.3 Å². The minimum Gasteiger partial charge on any atom is -0.309 e. The molecule has 2 nitrogen and oxygen atoms in total. The number of nitrogens with zero attached hydrogens (tertiary/aromatic N) is 1. The quantitative estimate of drug-likeness (QED) is 0.866. The Balaban J connectivity index is 2.11. The molecule has 0 fully saturated rings. The minimum absolute atomic E-state index is 0.155. The number of aromatic nitrogens is 1. The van der Waals surface area contributed by atoms with Crippen molar-refractivity contribution >= 4 is 11.3 Å². The first-order valence-corrected chi connectivity index (χ1v) is 8.41. The van der Waals surface area contributed by atoms with Crippen molar-refractivity contribution < 1.29 is 0 Å². The SMILES string of the molecule is Cc1cc(C)c(C(C)NCC(C)(C)c2cccs2)c(C)n1. The summed E-state index contributed by atoms with van der Waals surface area (Å²) in [5, 5.41) is 5.85. The lowest BCUT2D eigenvalue weighted by molar-refractivity contribution is 0.439. The van der Waals surface area contributed by atoms with Crippen LogP contribution in [-0.2, 0) is 5.41 Å². The lowest BCUT2D eigenvalue weighted by Gasteiger charge is -2.27. The Hall–Kier alpha value is -1.19. The molecular formula is C18H26N2S. The summed E-state index contributed by atoms with van der Waals surface area (Å²) in [6, 6.07) is 6.84. The highest BCUT2D eigenvalue weighted by atomic mass is 32.1. The van der Waals surface area contributed by atoms with Gasteiger partial charge in [0.25, 0.3) is 0 Å². The van der Waals surface area contributed by atoms with Gasteiger partial charge in [0.2, 0.25) is 0 Å². The zero-order chi connectivity index (χ0) is 15.6. The number of thiophene rings is 1. The van der Waals surface area contributed by atoms with Crippen molar-refractivity contribution in [3.63, 3.8) is 0 Å². The Morgan fingerprint density at radius 1 is 1.29 bits per heavy atom. The molecule has 1 unspecified atom stereocenters. The molecule has 0 aliphatic carbocycles. The van der Waals surface area contributed by atoms with E-state index >= 15 is 0 Å². The monoisotopic (exact) mass is 302 g/mol. The zero-order valence-corrected chi connectivity index (χ0v) is 14.8. The summed E-state index contributed by atoms with van der Waals surface area (Å²) in [6.07, 6.45) is 0. The molecule has 2 aromatic rings. The predicted octanol–water partition coefficient (Wildman–Crippen LogP) is 4.70. The molecule has 2 heterocycles. The van der Waals surface area contributed by atoms with E-state index in [1.807, 2.05) is 11.3 Å². The van der Waals surface area contributed by atoms with Crippen LogP contribution in [0.4, 0.5) is 0 Å². The van der Waals surface area contributed by atoms with Crippen molar-refractivity contribution in [3.8, 4) is 0 Å². The fraction of sp³-hybridized carbons (Fsp3) is 0.500. The van der Waals surface area contributed by atoms with Gasteiger partial charge in [0, 0.05) is 34.3 Å². The second-order valence-electron chi connectivity index (χ2n) is 6.54. The average Bonchev–Trinajstić information content (AvgIpc) is 2.89. The second kappa shape index (κ2) is 6.29. The van der Waals surface area contributed by atoms with E-state index in [4.69, 9.17) is 0 Å². The maximum atomic E-state index is 4.61. The van der Waals surface area contributed by atoms with Gasteiger partial charge in [-0.05, 0) is 56.3 Å². The molecule has 0 saturated heterocycles. The summed E-state index contributed by atoms with van der Waals surface area (Å²) in [7, 11) is 0. The van der Waals surface area contributed by atoms with Crippen molar-refractivity contribution in [2.75, 3.05) is 6.54 Å². The molecule has 0 radical (unpaired) electrons. The van der Waals surface area contributed by atoms with E-state index in [9.17, 15) is 0 Å². The average molecular weight is 302 g/mol. The van der Waals surface area contributed by atoms with Crippen molar-refractivity contribution in [1.82, 2.24) is 10.3 Å². The highest BCUT2D eigenvalue weighted by Crippen LogP contribution is 2.28. The van der Waals surface area contributed by atoms with E-state index < -0.39 is 0 Å². The highest BCUT2D eigenvalue weighted by Gasteiger charge is 2.23. The standard InChI is InChI=1S/C18H26N2S/c1-12-10-13(2)20-15(4)17(12)14(3)19-11-18(5,6)16-8-7-9-21-16/h7-10,14,19H,11H2,1-6H3. The molecule has 2 aromatic heterocycles. The number of hydrogen-bond donors (Lipinski definition) is 1. The number of nitrogens with one attached hydrogen (secondary N) is 1. The third-order valence-electron chi connectivity index (χ3n) is 4.06. The van der Waals surface area contributed by atoms with Crippen molar-refractivity contribution in [3.05, 3.63) is 51.0 Å². The van der Waals surface area contributed by atoms with Gasteiger partial charge in [-0.2, -0.15) is 0 Å². The predicted molar refractivity (Wildman–Crippen MR) is 92.2 cm³/mol. The third kappa shape index (κ3) is 3.72. The van der Waals surface area contributed by atoms with E-state index in [0.29, 0.717) is 6.04 Å². The molecule has 21 heavy (non-hydrogen) atoms. The first kappa shape index (κ1) is 16.2. The minimum atomic E-state index is 0.155. The van der Waals surface area contributed by atoms with Crippen LogP contribution in [0, 0.1) is 20.8 Å². The lowest BCUT2D eigenvalue weighted by Crippen LogP contribution is -2.34. The number of rotatable bonds is 5. The molecule has 1 atom stereocenters. The van der Waals surface area contributed by atoms with Crippen molar-refractivity contribution in [2.45, 2.75) is 53.0 Å². The van der Waals surface area contributed by atoms with Crippen LogP contribution in [0.1, 0.15) is 54.2 Å². The molecule has 0 bridgehead atoms.